The average molecular weight is 211 g/mol. The van der Waals surface area contributed by atoms with E-state index in [1.807, 2.05) is 6.07 Å². The molecule has 0 amide bonds. The fourth-order valence-corrected chi connectivity index (χ4v) is 1.28. The third-order valence-electron chi connectivity index (χ3n) is 1.98. The second-order valence-electron chi connectivity index (χ2n) is 3.16. The molecule has 15 heavy (non-hydrogen) atoms. The topological polar surface area (TPSA) is 53.0 Å². The molecule has 0 aliphatic heterocycles. The highest BCUT2D eigenvalue weighted by atomic mass is 19.1. The predicted octanol–water partition coefficient (Wildman–Crippen LogP) is 1.90. The minimum atomic E-state index is -0.715. The van der Waals surface area contributed by atoms with Gasteiger partial charge < -0.3 is 10.6 Å². The number of halogens is 2. The van der Waals surface area contributed by atoms with Crippen molar-refractivity contribution in [2.75, 3.05) is 24.2 Å². The molecular formula is C10H11F2N3. The number of nitriles is 1. The first-order chi connectivity index (χ1) is 7.06. The van der Waals surface area contributed by atoms with E-state index in [1.165, 1.54) is 11.9 Å². The van der Waals surface area contributed by atoms with Crippen molar-refractivity contribution >= 4 is 11.4 Å². The number of nitrogens with zero attached hydrogens (tertiary/aromatic N) is 2. The summed E-state index contributed by atoms with van der Waals surface area (Å²) in [6, 6.07) is 4.02. The van der Waals surface area contributed by atoms with E-state index in [9.17, 15) is 8.78 Å². The minimum absolute atomic E-state index is 0.0439. The summed E-state index contributed by atoms with van der Waals surface area (Å²) >= 11 is 0. The molecule has 2 N–H and O–H groups in total. The van der Waals surface area contributed by atoms with E-state index in [0.29, 0.717) is 0 Å². The zero-order valence-electron chi connectivity index (χ0n) is 8.30. The van der Waals surface area contributed by atoms with Crippen molar-refractivity contribution in [1.29, 1.82) is 5.26 Å². The lowest BCUT2D eigenvalue weighted by Gasteiger charge is -2.19. The molecule has 1 rings (SSSR count). The molecule has 1 aromatic carbocycles. The summed E-state index contributed by atoms with van der Waals surface area (Å²) in [4.78, 5) is 1.35. The lowest BCUT2D eigenvalue weighted by Crippen LogP contribution is -2.20. The summed E-state index contributed by atoms with van der Waals surface area (Å²) in [5.41, 5.74) is 5.17. The Kier molecular flexibility index (Phi) is 3.45. The van der Waals surface area contributed by atoms with Gasteiger partial charge in [0.05, 0.1) is 12.5 Å². The quantitative estimate of drug-likeness (QED) is 0.777. The number of benzene rings is 1. The molecule has 0 fully saturated rings. The van der Waals surface area contributed by atoms with Gasteiger partial charge in [-0.25, -0.2) is 8.78 Å². The van der Waals surface area contributed by atoms with Gasteiger partial charge in [-0.3, -0.25) is 0 Å². The summed E-state index contributed by atoms with van der Waals surface area (Å²) in [7, 11) is 1.52. The Balaban J connectivity index is 2.99. The Morgan fingerprint density at radius 3 is 2.40 bits per heavy atom. The minimum Gasteiger partial charge on any atom is -0.399 e. The molecule has 0 bridgehead atoms. The number of hydrogen-bond donors (Lipinski definition) is 1. The van der Waals surface area contributed by atoms with Gasteiger partial charge >= 0.3 is 0 Å². The highest BCUT2D eigenvalue weighted by Gasteiger charge is 2.14. The Morgan fingerprint density at radius 2 is 1.93 bits per heavy atom. The summed E-state index contributed by atoms with van der Waals surface area (Å²) in [6.45, 7) is 0.272. The zero-order valence-corrected chi connectivity index (χ0v) is 8.30. The number of nitrogens with two attached hydrogens (primary N) is 1. The summed E-state index contributed by atoms with van der Waals surface area (Å²) in [5, 5.41) is 8.36. The monoisotopic (exact) mass is 211 g/mol. The van der Waals surface area contributed by atoms with Crippen LogP contribution in [0.2, 0.25) is 0 Å². The van der Waals surface area contributed by atoms with Crippen molar-refractivity contribution in [3.63, 3.8) is 0 Å². The molecule has 0 aliphatic carbocycles. The maximum absolute atomic E-state index is 13.3. The van der Waals surface area contributed by atoms with Crippen LogP contribution >= 0.6 is 0 Å². The summed E-state index contributed by atoms with van der Waals surface area (Å²) in [6.07, 6.45) is 0.208. The third-order valence-corrected chi connectivity index (χ3v) is 1.98. The Labute approximate surface area is 86.7 Å². The summed E-state index contributed by atoms with van der Waals surface area (Å²) < 4.78 is 26.7. The van der Waals surface area contributed by atoms with Crippen molar-refractivity contribution in [3.8, 4) is 6.07 Å². The number of hydrogen-bond acceptors (Lipinski definition) is 3. The van der Waals surface area contributed by atoms with Gasteiger partial charge in [0.1, 0.15) is 5.69 Å². The number of nitrogen functional groups attached to an aromatic ring is 1. The SMILES string of the molecule is CN(CCC#N)c1c(F)cc(N)cc1F. The molecule has 3 nitrogen and oxygen atoms in total. The van der Waals surface area contributed by atoms with Gasteiger partial charge in [-0.15, -0.1) is 0 Å². The third kappa shape index (κ3) is 2.56. The highest BCUT2D eigenvalue weighted by molar-refractivity contribution is 5.55. The average Bonchev–Trinajstić information content (AvgIpc) is 2.12. The first-order valence-electron chi connectivity index (χ1n) is 4.39. The van der Waals surface area contributed by atoms with Gasteiger partial charge in [0, 0.05) is 19.3 Å². The van der Waals surface area contributed by atoms with Crippen LogP contribution in [0.3, 0.4) is 0 Å². The molecule has 0 saturated heterocycles. The fraction of sp³-hybridized carbons (Fsp3) is 0.300. The van der Waals surface area contributed by atoms with Gasteiger partial charge in [-0.2, -0.15) is 5.26 Å². The molecule has 0 saturated carbocycles. The van der Waals surface area contributed by atoms with Gasteiger partial charge in [-0.1, -0.05) is 0 Å². The predicted molar refractivity (Wildman–Crippen MR) is 54.3 cm³/mol. The molecule has 0 aliphatic rings. The molecule has 1 aromatic rings. The first kappa shape index (κ1) is 11.2. The van der Waals surface area contributed by atoms with Crippen molar-refractivity contribution in [3.05, 3.63) is 23.8 Å². The van der Waals surface area contributed by atoms with Crippen LogP contribution in [0.1, 0.15) is 6.42 Å². The maximum Gasteiger partial charge on any atom is 0.151 e. The molecular weight excluding hydrogens is 200 g/mol. The van der Waals surface area contributed by atoms with Crippen LogP contribution in [-0.2, 0) is 0 Å². The number of rotatable bonds is 3. The van der Waals surface area contributed by atoms with Crippen molar-refractivity contribution in [2.24, 2.45) is 0 Å². The van der Waals surface area contributed by atoms with Crippen molar-refractivity contribution in [1.82, 2.24) is 0 Å². The largest absolute Gasteiger partial charge is 0.399 e. The van der Waals surface area contributed by atoms with Gasteiger partial charge in [0.2, 0.25) is 0 Å². The second-order valence-corrected chi connectivity index (χ2v) is 3.16. The lowest BCUT2D eigenvalue weighted by atomic mass is 10.2. The van der Waals surface area contributed by atoms with Crippen molar-refractivity contribution < 1.29 is 8.78 Å². The standard InChI is InChI=1S/C10H11F2N3/c1-15(4-2-3-13)10-8(11)5-7(14)6-9(10)12/h5-6H,2,4,14H2,1H3. The normalized spacial score (nSPS) is 9.73. The molecule has 0 aromatic heterocycles. The first-order valence-corrected chi connectivity index (χ1v) is 4.39. The van der Waals surface area contributed by atoms with Crippen molar-refractivity contribution in [2.45, 2.75) is 6.42 Å². The van der Waals surface area contributed by atoms with Crippen LogP contribution in [0, 0.1) is 23.0 Å². The van der Waals surface area contributed by atoms with Gasteiger partial charge in [-0.05, 0) is 12.1 Å². The van der Waals surface area contributed by atoms with E-state index >= 15 is 0 Å². The van der Waals surface area contributed by atoms with Gasteiger partial charge in [0.25, 0.3) is 0 Å². The molecule has 0 radical (unpaired) electrons. The number of anilines is 2. The molecule has 0 unspecified atom stereocenters. The summed E-state index contributed by atoms with van der Waals surface area (Å²) in [5.74, 6) is -1.43. The fourth-order valence-electron chi connectivity index (χ4n) is 1.28. The van der Waals surface area contributed by atoms with Crippen LogP contribution in [-0.4, -0.2) is 13.6 Å². The molecule has 0 atom stereocenters. The van der Waals surface area contributed by atoms with E-state index in [-0.39, 0.29) is 24.3 Å². The van der Waals surface area contributed by atoms with Crippen LogP contribution in [0.5, 0.6) is 0 Å². The molecule has 0 spiro atoms. The van der Waals surface area contributed by atoms with Crippen LogP contribution < -0.4 is 10.6 Å². The van der Waals surface area contributed by atoms with Crippen LogP contribution in [0.25, 0.3) is 0 Å². The smallest absolute Gasteiger partial charge is 0.151 e. The van der Waals surface area contributed by atoms with E-state index in [2.05, 4.69) is 0 Å². The van der Waals surface area contributed by atoms with Gasteiger partial charge in [0.15, 0.2) is 11.6 Å². The molecule has 0 heterocycles. The molecule has 80 valence electrons. The molecule has 5 heteroatoms. The van der Waals surface area contributed by atoms with E-state index in [1.54, 1.807) is 0 Å². The maximum atomic E-state index is 13.3. The van der Waals surface area contributed by atoms with Crippen LogP contribution in [0.4, 0.5) is 20.2 Å². The Morgan fingerprint density at radius 1 is 1.40 bits per heavy atom. The zero-order chi connectivity index (χ0) is 11.4. The Hall–Kier alpha value is -1.83. The van der Waals surface area contributed by atoms with E-state index in [0.717, 1.165) is 12.1 Å². The van der Waals surface area contributed by atoms with E-state index < -0.39 is 11.6 Å². The lowest BCUT2D eigenvalue weighted by molar-refractivity contribution is 0.578. The second kappa shape index (κ2) is 4.60. The van der Waals surface area contributed by atoms with Crippen LogP contribution in [0.15, 0.2) is 12.1 Å². The Bertz CT molecular complexity index is 375. The highest BCUT2D eigenvalue weighted by Crippen LogP contribution is 2.24. The van der Waals surface area contributed by atoms with E-state index in [4.69, 9.17) is 11.0 Å².